The predicted octanol–water partition coefficient (Wildman–Crippen LogP) is -1.50. The van der Waals surface area contributed by atoms with Gasteiger partial charge in [0, 0.05) is 24.3 Å². The first-order valence-electron chi connectivity index (χ1n) is 5.57. The maximum atomic E-state index is 2.27. The molecule has 0 aromatic carbocycles. The summed E-state index contributed by atoms with van der Waals surface area (Å²) in [5.41, 5.74) is 2.54. The third kappa shape index (κ3) is 2.29. The van der Waals surface area contributed by atoms with E-state index in [0.29, 0.717) is 0 Å². The van der Waals surface area contributed by atoms with Gasteiger partial charge in [-0.15, -0.1) is 0 Å². The number of fused-ring (bicyclic) bond motifs is 3. The molecule has 2 aromatic rings. The van der Waals surface area contributed by atoms with Crippen LogP contribution in [0.1, 0.15) is 0 Å². The predicted molar refractivity (Wildman–Crippen MR) is 61.4 cm³/mol. The summed E-state index contributed by atoms with van der Waals surface area (Å²) in [6, 6.07) is 12.7. The number of halogens is 1. The molecular weight excluding hydrogens is 276 g/mol. The van der Waals surface area contributed by atoms with E-state index in [0.717, 1.165) is 13.1 Å². The molecule has 2 nitrogen and oxygen atoms in total. The van der Waals surface area contributed by atoms with Crippen molar-refractivity contribution >= 4 is 0 Å². The first-order chi connectivity index (χ1) is 7.95. The van der Waals surface area contributed by atoms with Gasteiger partial charge in [-0.1, -0.05) is 0 Å². The minimum Gasteiger partial charge on any atom is -1.00 e. The maximum absolute atomic E-state index is 2.27. The molecular formula is C14H14BrN2+. The van der Waals surface area contributed by atoms with Gasteiger partial charge in [0.1, 0.15) is 0 Å². The summed E-state index contributed by atoms with van der Waals surface area (Å²) in [4.78, 5) is 0. The molecule has 2 aromatic heterocycles. The summed E-state index contributed by atoms with van der Waals surface area (Å²) in [7, 11) is 0. The van der Waals surface area contributed by atoms with E-state index in [1.54, 1.807) is 0 Å². The van der Waals surface area contributed by atoms with Gasteiger partial charge in [-0.2, -0.15) is 9.13 Å². The zero-order valence-corrected chi connectivity index (χ0v) is 11.0. The standard InChI is InChI=1S/C14H14N2.BrH/c1-3-9-15-11-5-6-12-16-10-4-2-8-14(16)13(15)7-1;/h1-10H,11-12H2;1H/q+2;/p-1/b6-5-;. The van der Waals surface area contributed by atoms with Crippen LogP contribution in [0.25, 0.3) is 11.4 Å². The van der Waals surface area contributed by atoms with Crippen LogP contribution >= 0.6 is 0 Å². The van der Waals surface area contributed by atoms with Gasteiger partial charge < -0.3 is 17.0 Å². The molecule has 3 rings (SSSR count). The van der Waals surface area contributed by atoms with Crippen molar-refractivity contribution in [2.75, 3.05) is 0 Å². The Bertz CT molecular complexity index is 500. The average Bonchev–Trinajstić information content (AvgIpc) is 2.33. The SMILES string of the molecule is C1=C\C[n+]2ccccc2-c2cccc[n+]2C/1.[Br-]. The van der Waals surface area contributed by atoms with Crippen LogP contribution in [0, 0.1) is 0 Å². The second-order valence-electron chi connectivity index (χ2n) is 3.95. The lowest BCUT2D eigenvalue weighted by Gasteiger charge is -2.04. The van der Waals surface area contributed by atoms with Crippen molar-refractivity contribution in [1.82, 2.24) is 0 Å². The molecule has 0 bridgehead atoms. The van der Waals surface area contributed by atoms with Crippen molar-refractivity contribution in [3.8, 4) is 11.4 Å². The van der Waals surface area contributed by atoms with Crippen LogP contribution in [0.4, 0.5) is 0 Å². The largest absolute Gasteiger partial charge is 1.00 e. The molecule has 0 atom stereocenters. The molecule has 1 aliphatic heterocycles. The van der Waals surface area contributed by atoms with E-state index in [4.69, 9.17) is 0 Å². The summed E-state index contributed by atoms with van der Waals surface area (Å²) < 4.78 is 4.53. The van der Waals surface area contributed by atoms with Gasteiger partial charge in [0.2, 0.25) is 0 Å². The van der Waals surface area contributed by atoms with E-state index in [1.165, 1.54) is 11.4 Å². The van der Waals surface area contributed by atoms with Crippen LogP contribution < -0.4 is 26.1 Å². The monoisotopic (exact) mass is 289 g/mol. The van der Waals surface area contributed by atoms with Crippen molar-refractivity contribution in [3.63, 3.8) is 0 Å². The summed E-state index contributed by atoms with van der Waals surface area (Å²) >= 11 is 0. The van der Waals surface area contributed by atoms with Crippen molar-refractivity contribution < 1.29 is 26.1 Å². The van der Waals surface area contributed by atoms with Gasteiger partial charge >= 0.3 is 0 Å². The first-order valence-corrected chi connectivity index (χ1v) is 5.57. The number of aromatic nitrogens is 2. The number of hydrogen-bond acceptors (Lipinski definition) is 0. The lowest BCUT2D eigenvalue weighted by molar-refractivity contribution is -0.709. The highest BCUT2D eigenvalue weighted by atomic mass is 79.9. The molecule has 0 radical (unpaired) electrons. The molecule has 0 saturated carbocycles. The summed E-state index contributed by atoms with van der Waals surface area (Å²) in [5.74, 6) is 0. The van der Waals surface area contributed by atoms with Gasteiger partial charge in [0.25, 0.3) is 11.4 Å². The van der Waals surface area contributed by atoms with E-state index < -0.39 is 0 Å². The molecule has 0 amide bonds. The van der Waals surface area contributed by atoms with E-state index in [-0.39, 0.29) is 17.0 Å². The Kier molecular flexibility index (Phi) is 3.69. The minimum atomic E-state index is 0. The Labute approximate surface area is 112 Å². The third-order valence-electron chi connectivity index (χ3n) is 2.91. The highest BCUT2D eigenvalue weighted by molar-refractivity contribution is 5.45. The highest BCUT2D eigenvalue weighted by Gasteiger charge is 2.21. The van der Waals surface area contributed by atoms with Gasteiger partial charge in [0.15, 0.2) is 25.5 Å². The van der Waals surface area contributed by atoms with E-state index in [1.807, 2.05) is 0 Å². The van der Waals surface area contributed by atoms with Gasteiger partial charge in [0.05, 0.1) is 0 Å². The number of hydrogen-bond donors (Lipinski definition) is 0. The fourth-order valence-electron chi connectivity index (χ4n) is 2.11. The highest BCUT2D eigenvalue weighted by Crippen LogP contribution is 2.10. The molecule has 86 valence electrons. The Morgan fingerprint density at radius 3 is 1.65 bits per heavy atom. The van der Waals surface area contributed by atoms with Gasteiger partial charge in [-0.25, -0.2) is 0 Å². The van der Waals surface area contributed by atoms with Crippen molar-refractivity contribution in [2.24, 2.45) is 0 Å². The third-order valence-corrected chi connectivity index (χ3v) is 2.91. The van der Waals surface area contributed by atoms with Crippen LogP contribution in [0.15, 0.2) is 60.9 Å². The van der Waals surface area contributed by atoms with E-state index >= 15 is 0 Å². The lowest BCUT2D eigenvalue weighted by Crippen LogP contribution is -3.00. The topological polar surface area (TPSA) is 7.76 Å². The fraction of sp³-hybridized carbons (Fsp3) is 0.143. The smallest absolute Gasteiger partial charge is 0.277 e. The van der Waals surface area contributed by atoms with Gasteiger partial charge in [-0.05, 0) is 24.3 Å². The van der Waals surface area contributed by atoms with E-state index in [9.17, 15) is 0 Å². The number of nitrogens with zero attached hydrogens (tertiary/aromatic N) is 2. The molecule has 0 N–H and O–H groups in total. The normalized spacial score (nSPS) is 14.6. The molecule has 1 aliphatic rings. The van der Waals surface area contributed by atoms with Crippen molar-refractivity contribution in [2.45, 2.75) is 13.1 Å². The molecule has 0 aliphatic carbocycles. The Morgan fingerprint density at radius 2 is 1.18 bits per heavy atom. The first kappa shape index (κ1) is 12.0. The van der Waals surface area contributed by atoms with E-state index in [2.05, 4.69) is 70.1 Å². The average molecular weight is 290 g/mol. The van der Waals surface area contributed by atoms with Crippen LogP contribution in [0.2, 0.25) is 0 Å². The molecule has 0 unspecified atom stereocenters. The second-order valence-corrected chi connectivity index (χ2v) is 3.95. The molecule has 3 heteroatoms. The molecule has 17 heavy (non-hydrogen) atoms. The zero-order valence-electron chi connectivity index (χ0n) is 9.46. The molecule has 0 spiro atoms. The second kappa shape index (κ2) is 5.23. The molecule has 0 fully saturated rings. The van der Waals surface area contributed by atoms with Crippen LogP contribution in [0.5, 0.6) is 0 Å². The quantitative estimate of drug-likeness (QED) is 0.412. The maximum Gasteiger partial charge on any atom is 0.277 e. The van der Waals surface area contributed by atoms with Crippen molar-refractivity contribution in [1.29, 1.82) is 0 Å². The van der Waals surface area contributed by atoms with Crippen LogP contribution in [-0.2, 0) is 13.1 Å². The Balaban J connectivity index is 0.00000108. The number of pyridine rings is 2. The zero-order chi connectivity index (χ0) is 10.8. The summed E-state index contributed by atoms with van der Waals surface area (Å²) in [6.45, 7) is 1.90. The van der Waals surface area contributed by atoms with Crippen LogP contribution in [0.3, 0.4) is 0 Å². The summed E-state index contributed by atoms with van der Waals surface area (Å²) in [6.07, 6.45) is 8.68. The lowest BCUT2D eigenvalue weighted by atomic mass is 10.2. The Hall–Kier alpha value is -1.48. The Morgan fingerprint density at radius 1 is 0.706 bits per heavy atom. The number of rotatable bonds is 0. The number of allylic oxidation sites excluding steroid dienone is 2. The fourth-order valence-corrected chi connectivity index (χ4v) is 2.11. The molecule has 0 saturated heterocycles. The van der Waals surface area contributed by atoms with Crippen LogP contribution in [-0.4, -0.2) is 0 Å². The van der Waals surface area contributed by atoms with Gasteiger partial charge in [-0.3, -0.25) is 0 Å². The van der Waals surface area contributed by atoms with Crippen molar-refractivity contribution in [3.05, 3.63) is 60.9 Å². The summed E-state index contributed by atoms with van der Waals surface area (Å²) in [5, 5.41) is 0. The minimum absolute atomic E-state index is 0. The molecule has 3 heterocycles.